The minimum atomic E-state index is -0.397. The third kappa shape index (κ3) is 6.51. The Morgan fingerprint density at radius 1 is 0.727 bits per heavy atom. The van der Waals surface area contributed by atoms with Crippen LogP contribution in [-0.2, 0) is 11.3 Å². The van der Waals surface area contributed by atoms with Crippen molar-refractivity contribution in [2.75, 3.05) is 39.3 Å². The average molecular weight is 455 g/mol. The number of halogens is 2. The van der Waals surface area contributed by atoms with Crippen molar-refractivity contribution in [3.8, 4) is 11.5 Å². The normalized spacial score (nSPS) is 15.2. The molecule has 0 spiro atoms. The van der Waals surface area contributed by atoms with Gasteiger partial charge in [0.15, 0.2) is 0 Å². The second-order valence-electron chi connectivity index (χ2n) is 8.33. The van der Waals surface area contributed by atoms with Crippen LogP contribution in [0.5, 0.6) is 11.5 Å². The van der Waals surface area contributed by atoms with Gasteiger partial charge in [-0.3, -0.25) is 9.80 Å². The highest BCUT2D eigenvalue weighted by Crippen LogP contribution is 2.27. The zero-order valence-corrected chi connectivity index (χ0v) is 18.3. The van der Waals surface area contributed by atoms with Crippen LogP contribution in [0.25, 0.3) is 0 Å². The van der Waals surface area contributed by atoms with E-state index in [1.165, 1.54) is 30.3 Å². The number of ether oxygens (including phenoxy) is 1. The maximum absolute atomic E-state index is 13.4. The molecule has 0 bridgehead atoms. The molecule has 0 atom stereocenters. The van der Waals surface area contributed by atoms with Gasteiger partial charge in [0.1, 0.15) is 29.2 Å². The first-order valence-electron chi connectivity index (χ1n) is 11.1. The quantitative estimate of drug-likeness (QED) is 0.532. The van der Waals surface area contributed by atoms with Gasteiger partial charge in [-0.15, -0.1) is 0 Å². The van der Waals surface area contributed by atoms with E-state index in [0.29, 0.717) is 13.2 Å². The molecular weight excluding hydrogens is 426 g/mol. The van der Waals surface area contributed by atoms with Gasteiger partial charge in [-0.25, -0.2) is 8.78 Å². The molecule has 4 rings (SSSR count). The fourth-order valence-electron chi connectivity index (χ4n) is 4.14. The molecule has 0 saturated carbocycles. The van der Waals surface area contributed by atoms with E-state index in [-0.39, 0.29) is 23.1 Å². The topological polar surface area (TPSA) is 56.2 Å². The molecule has 0 aromatic heterocycles. The van der Waals surface area contributed by atoms with Crippen LogP contribution in [0.1, 0.15) is 22.8 Å². The van der Waals surface area contributed by atoms with Crippen LogP contribution in [0.4, 0.5) is 8.78 Å². The van der Waals surface area contributed by atoms with E-state index in [2.05, 4.69) is 9.80 Å². The molecule has 1 heterocycles. The van der Waals surface area contributed by atoms with Gasteiger partial charge in [0.2, 0.25) is 0 Å². The summed E-state index contributed by atoms with van der Waals surface area (Å²) < 4.78 is 33.0. The molecule has 0 radical (unpaired) electrons. The number of rotatable bonds is 8. The van der Waals surface area contributed by atoms with E-state index in [1.807, 2.05) is 0 Å². The molecule has 174 valence electrons. The fraction of sp³-hybridized carbons (Fsp3) is 0.308. The van der Waals surface area contributed by atoms with Crippen LogP contribution in [0.3, 0.4) is 0 Å². The fourth-order valence-corrected chi connectivity index (χ4v) is 4.14. The predicted molar refractivity (Wildman–Crippen MR) is 122 cm³/mol. The molecule has 1 aliphatic rings. The molecule has 1 saturated heterocycles. The summed E-state index contributed by atoms with van der Waals surface area (Å²) in [6.07, 6.45) is -0.397. The lowest BCUT2D eigenvalue weighted by Gasteiger charge is -2.35. The summed E-state index contributed by atoms with van der Waals surface area (Å²) in [5, 5.41) is 19.3. The van der Waals surface area contributed by atoms with Crippen molar-refractivity contribution < 1.29 is 23.7 Å². The van der Waals surface area contributed by atoms with Crippen molar-refractivity contribution in [3.05, 3.63) is 95.1 Å². The second kappa shape index (κ2) is 10.7. The molecule has 2 N–H and O–H groups in total. The Kier molecular flexibility index (Phi) is 7.54. The van der Waals surface area contributed by atoms with E-state index in [1.54, 1.807) is 36.4 Å². The summed E-state index contributed by atoms with van der Waals surface area (Å²) in [5.74, 6) is -0.485. The average Bonchev–Trinajstić information content (AvgIpc) is 2.79. The first-order valence-corrected chi connectivity index (χ1v) is 11.1. The number of phenolic OH excluding ortho intramolecular Hbond substituents is 2. The van der Waals surface area contributed by atoms with Gasteiger partial charge in [-0.05, 0) is 53.1 Å². The lowest BCUT2D eigenvalue weighted by molar-refractivity contribution is 0.0441. The summed E-state index contributed by atoms with van der Waals surface area (Å²) in [4.78, 5) is 4.61. The summed E-state index contributed by atoms with van der Waals surface area (Å²) in [6, 6.07) is 17.1. The SMILES string of the molecule is Oc1cc(O)cc(CN2CCN(CCOC(c3ccc(F)cc3)c3ccc(F)cc3)CC2)c1. The molecule has 0 unspecified atom stereocenters. The Bertz CT molecular complexity index is 971. The Hall–Kier alpha value is -3.00. The van der Waals surface area contributed by atoms with E-state index in [4.69, 9.17) is 4.74 Å². The highest BCUT2D eigenvalue weighted by Gasteiger charge is 2.19. The number of phenols is 2. The predicted octanol–water partition coefficient (Wildman–Crippen LogP) is 4.30. The zero-order chi connectivity index (χ0) is 23.2. The Morgan fingerprint density at radius 2 is 1.21 bits per heavy atom. The molecule has 3 aromatic carbocycles. The number of nitrogens with zero attached hydrogens (tertiary/aromatic N) is 2. The van der Waals surface area contributed by atoms with E-state index >= 15 is 0 Å². The summed E-state index contributed by atoms with van der Waals surface area (Å²) in [5.41, 5.74) is 2.52. The standard InChI is InChI=1S/C26H28F2N2O3/c27-22-5-1-20(2-6-22)26(21-3-7-23(28)8-4-21)33-14-13-29-9-11-30(12-10-29)18-19-15-24(31)17-25(32)16-19/h1-8,15-17,26,31-32H,9-14,18H2. The Labute approximate surface area is 192 Å². The molecule has 0 amide bonds. The van der Waals surface area contributed by atoms with Crippen molar-refractivity contribution in [2.24, 2.45) is 0 Å². The molecule has 3 aromatic rings. The number of hydrogen-bond donors (Lipinski definition) is 2. The molecule has 1 fully saturated rings. The van der Waals surface area contributed by atoms with Crippen LogP contribution >= 0.6 is 0 Å². The minimum absolute atomic E-state index is 0.0673. The lowest BCUT2D eigenvalue weighted by atomic mass is 10.0. The van der Waals surface area contributed by atoms with Crippen LogP contribution in [0, 0.1) is 11.6 Å². The molecule has 0 aliphatic carbocycles. The highest BCUT2D eigenvalue weighted by atomic mass is 19.1. The van der Waals surface area contributed by atoms with Gasteiger partial charge in [0.25, 0.3) is 0 Å². The van der Waals surface area contributed by atoms with Crippen LogP contribution in [-0.4, -0.2) is 59.3 Å². The molecule has 7 heteroatoms. The monoisotopic (exact) mass is 454 g/mol. The van der Waals surface area contributed by atoms with Crippen LogP contribution < -0.4 is 0 Å². The third-order valence-electron chi connectivity index (χ3n) is 5.87. The number of aromatic hydroxyl groups is 2. The van der Waals surface area contributed by atoms with Crippen molar-refractivity contribution in [1.82, 2.24) is 9.80 Å². The maximum atomic E-state index is 13.4. The number of hydrogen-bond acceptors (Lipinski definition) is 5. The third-order valence-corrected chi connectivity index (χ3v) is 5.87. The minimum Gasteiger partial charge on any atom is -0.508 e. The second-order valence-corrected chi connectivity index (χ2v) is 8.33. The number of piperazine rings is 1. The molecule has 1 aliphatic heterocycles. The van der Waals surface area contributed by atoms with Crippen LogP contribution in [0.2, 0.25) is 0 Å². The first kappa shape index (κ1) is 23.2. The lowest BCUT2D eigenvalue weighted by Crippen LogP contribution is -2.46. The van der Waals surface area contributed by atoms with Crippen LogP contribution in [0.15, 0.2) is 66.7 Å². The van der Waals surface area contributed by atoms with Crippen molar-refractivity contribution in [3.63, 3.8) is 0 Å². The zero-order valence-electron chi connectivity index (χ0n) is 18.3. The van der Waals surface area contributed by atoms with E-state index in [9.17, 15) is 19.0 Å². The molecule has 5 nitrogen and oxygen atoms in total. The summed E-state index contributed by atoms with van der Waals surface area (Å²) >= 11 is 0. The number of benzene rings is 3. The van der Waals surface area contributed by atoms with Crippen molar-refractivity contribution >= 4 is 0 Å². The van der Waals surface area contributed by atoms with Gasteiger partial charge in [0, 0.05) is 45.3 Å². The Balaban J connectivity index is 1.29. The molecule has 33 heavy (non-hydrogen) atoms. The van der Waals surface area contributed by atoms with Crippen molar-refractivity contribution in [1.29, 1.82) is 0 Å². The Morgan fingerprint density at radius 3 is 1.73 bits per heavy atom. The largest absolute Gasteiger partial charge is 0.508 e. The van der Waals surface area contributed by atoms with Gasteiger partial charge < -0.3 is 14.9 Å². The smallest absolute Gasteiger partial charge is 0.123 e. The van der Waals surface area contributed by atoms with Gasteiger partial charge in [0.05, 0.1) is 6.61 Å². The highest BCUT2D eigenvalue weighted by molar-refractivity contribution is 5.36. The first-order chi connectivity index (χ1) is 16.0. The molecular formula is C26H28F2N2O3. The van der Waals surface area contributed by atoms with Gasteiger partial charge >= 0.3 is 0 Å². The van der Waals surface area contributed by atoms with E-state index < -0.39 is 6.10 Å². The summed E-state index contributed by atoms with van der Waals surface area (Å²) in [7, 11) is 0. The van der Waals surface area contributed by atoms with Gasteiger partial charge in [-0.1, -0.05) is 24.3 Å². The van der Waals surface area contributed by atoms with Gasteiger partial charge in [-0.2, -0.15) is 0 Å². The van der Waals surface area contributed by atoms with Crippen molar-refractivity contribution in [2.45, 2.75) is 12.6 Å². The van der Waals surface area contributed by atoms with E-state index in [0.717, 1.165) is 49.4 Å². The summed E-state index contributed by atoms with van der Waals surface area (Å²) in [6.45, 7) is 5.41. The maximum Gasteiger partial charge on any atom is 0.123 e.